The Balaban J connectivity index is 1.55. The molecule has 2 amide bonds. The standard InChI is InChI=1S/C24H24N2O5/c1-3-26(21-10-6-8-17-7-4-5-9-20(17)21)22(27)16-31-23(28)15-25-24(29)18-11-13-19(30-2)14-12-18/h4-14H,3,15-16H2,1-2H3,(H,25,29). The number of nitrogens with one attached hydrogen (secondary N) is 1. The van der Waals surface area contributed by atoms with Crippen molar-refractivity contribution in [3.63, 3.8) is 0 Å². The van der Waals surface area contributed by atoms with Crippen LogP contribution in [0.25, 0.3) is 10.8 Å². The van der Waals surface area contributed by atoms with Gasteiger partial charge in [0.25, 0.3) is 11.8 Å². The number of ether oxygens (including phenoxy) is 2. The van der Waals surface area contributed by atoms with Crippen molar-refractivity contribution in [1.82, 2.24) is 5.32 Å². The maximum Gasteiger partial charge on any atom is 0.325 e. The van der Waals surface area contributed by atoms with Crippen LogP contribution in [0.2, 0.25) is 0 Å². The first-order valence-electron chi connectivity index (χ1n) is 9.89. The third-order valence-electron chi connectivity index (χ3n) is 4.78. The van der Waals surface area contributed by atoms with Gasteiger partial charge in [0.05, 0.1) is 12.8 Å². The normalized spacial score (nSPS) is 10.4. The zero-order chi connectivity index (χ0) is 22.2. The quantitative estimate of drug-likeness (QED) is 0.566. The molecule has 1 N–H and O–H groups in total. The summed E-state index contributed by atoms with van der Waals surface area (Å²) in [6.07, 6.45) is 0. The molecule has 160 valence electrons. The molecule has 3 rings (SSSR count). The van der Waals surface area contributed by atoms with Gasteiger partial charge in [-0.2, -0.15) is 0 Å². The third-order valence-corrected chi connectivity index (χ3v) is 4.78. The third kappa shape index (κ3) is 5.39. The van der Waals surface area contributed by atoms with Crippen molar-refractivity contribution >= 4 is 34.2 Å². The molecule has 7 nitrogen and oxygen atoms in total. The van der Waals surface area contributed by atoms with Gasteiger partial charge in [-0.25, -0.2) is 0 Å². The lowest BCUT2D eigenvalue weighted by atomic mass is 10.1. The topological polar surface area (TPSA) is 84.9 Å². The Morgan fingerprint density at radius 3 is 2.35 bits per heavy atom. The van der Waals surface area contributed by atoms with Crippen LogP contribution >= 0.6 is 0 Å². The molecule has 0 atom stereocenters. The van der Waals surface area contributed by atoms with Crippen LogP contribution in [0, 0.1) is 0 Å². The van der Waals surface area contributed by atoms with E-state index in [4.69, 9.17) is 9.47 Å². The molecule has 3 aromatic rings. The summed E-state index contributed by atoms with van der Waals surface area (Å²) in [5, 5.41) is 4.44. The van der Waals surface area contributed by atoms with Crippen molar-refractivity contribution in [2.45, 2.75) is 6.92 Å². The maximum atomic E-state index is 12.7. The summed E-state index contributed by atoms with van der Waals surface area (Å²) in [6.45, 7) is 1.54. The van der Waals surface area contributed by atoms with Gasteiger partial charge < -0.3 is 19.7 Å². The maximum absolute atomic E-state index is 12.7. The second-order valence-corrected chi connectivity index (χ2v) is 6.71. The van der Waals surface area contributed by atoms with Gasteiger partial charge in [0.15, 0.2) is 6.61 Å². The van der Waals surface area contributed by atoms with Gasteiger partial charge in [0, 0.05) is 17.5 Å². The predicted molar refractivity (Wildman–Crippen MR) is 118 cm³/mol. The molecule has 0 radical (unpaired) electrons. The summed E-state index contributed by atoms with van der Waals surface area (Å²) >= 11 is 0. The molecule has 0 spiro atoms. The molecule has 0 unspecified atom stereocenters. The van der Waals surface area contributed by atoms with E-state index in [2.05, 4.69) is 5.32 Å². The van der Waals surface area contributed by atoms with Gasteiger partial charge >= 0.3 is 5.97 Å². The fourth-order valence-electron chi connectivity index (χ4n) is 3.19. The molecule has 0 aliphatic heterocycles. The van der Waals surface area contributed by atoms with E-state index in [0.717, 1.165) is 16.5 Å². The van der Waals surface area contributed by atoms with Crippen molar-refractivity contribution in [2.24, 2.45) is 0 Å². The number of hydrogen-bond acceptors (Lipinski definition) is 5. The van der Waals surface area contributed by atoms with Gasteiger partial charge in [0.1, 0.15) is 12.3 Å². The molecule has 0 aliphatic rings. The minimum Gasteiger partial charge on any atom is -0.497 e. The molecule has 0 saturated heterocycles. The molecule has 0 heterocycles. The van der Waals surface area contributed by atoms with Crippen molar-refractivity contribution < 1.29 is 23.9 Å². The lowest BCUT2D eigenvalue weighted by Gasteiger charge is -2.22. The summed E-state index contributed by atoms with van der Waals surface area (Å²) in [5.41, 5.74) is 1.15. The number of esters is 1. The molecule has 3 aromatic carbocycles. The molecule has 0 aromatic heterocycles. The van der Waals surface area contributed by atoms with Crippen molar-refractivity contribution in [2.75, 3.05) is 31.7 Å². The van der Waals surface area contributed by atoms with Crippen molar-refractivity contribution in [3.8, 4) is 5.75 Å². The molecule has 0 bridgehead atoms. The van der Waals surface area contributed by atoms with Crippen LogP contribution in [0.15, 0.2) is 66.7 Å². The first-order valence-corrected chi connectivity index (χ1v) is 9.89. The van der Waals surface area contributed by atoms with E-state index >= 15 is 0 Å². The highest BCUT2D eigenvalue weighted by molar-refractivity contribution is 6.04. The Hall–Kier alpha value is -3.87. The molecule has 7 heteroatoms. The van der Waals surface area contributed by atoms with E-state index in [1.165, 1.54) is 7.11 Å². The Kier molecular flexibility index (Phi) is 7.22. The fourth-order valence-corrected chi connectivity index (χ4v) is 3.19. The van der Waals surface area contributed by atoms with Crippen LogP contribution in [-0.4, -0.2) is 44.6 Å². The van der Waals surface area contributed by atoms with Crippen LogP contribution in [0.1, 0.15) is 17.3 Å². The Morgan fingerprint density at radius 1 is 0.935 bits per heavy atom. The highest BCUT2D eigenvalue weighted by atomic mass is 16.5. The van der Waals surface area contributed by atoms with Crippen LogP contribution in [-0.2, 0) is 14.3 Å². The van der Waals surface area contributed by atoms with Gasteiger partial charge in [-0.3, -0.25) is 14.4 Å². The fraction of sp³-hybridized carbons (Fsp3) is 0.208. The zero-order valence-electron chi connectivity index (χ0n) is 17.5. The summed E-state index contributed by atoms with van der Waals surface area (Å²) in [4.78, 5) is 38.4. The summed E-state index contributed by atoms with van der Waals surface area (Å²) < 4.78 is 10.1. The monoisotopic (exact) mass is 420 g/mol. The number of carbonyl (C=O) groups is 3. The molecular weight excluding hydrogens is 396 g/mol. The summed E-state index contributed by atoms with van der Waals surface area (Å²) in [5.74, 6) is -0.823. The predicted octanol–water partition coefficient (Wildman–Crippen LogP) is 3.17. The second-order valence-electron chi connectivity index (χ2n) is 6.71. The number of amides is 2. The van der Waals surface area contributed by atoms with Crippen LogP contribution in [0.4, 0.5) is 5.69 Å². The Labute approximate surface area is 180 Å². The molecule has 0 saturated carbocycles. The highest BCUT2D eigenvalue weighted by Crippen LogP contribution is 2.26. The number of rotatable bonds is 8. The van der Waals surface area contributed by atoms with E-state index < -0.39 is 18.5 Å². The van der Waals surface area contributed by atoms with Gasteiger partial charge in [-0.05, 0) is 42.6 Å². The van der Waals surface area contributed by atoms with Gasteiger partial charge in [0.2, 0.25) is 0 Å². The van der Waals surface area contributed by atoms with E-state index in [-0.39, 0.29) is 12.5 Å². The van der Waals surface area contributed by atoms with Crippen molar-refractivity contribution in [1.29, 1.82) is 0 Å². The van der Waals surface area contributed by atoms with Crippen LogP contribution in [0.5, 0.6) is 5.75 Å². The summed E-state index contributed by atoms with van der Waals surface area (Å²) in [7, 11) is 1.53. The van der Waals surface area contributed by atoms with E-state index in [0.29, 0.717) is 17.9 Å². The number of fused-ring (bicyclic) bond motifs is 1. The summed E-state index contributed by atoms with van der Waals surface area (Å²) in [6, 6.07) is 20.0. The molecule has 31 heavy (non-hydrogen) atoms. The lowest BCUT2D eigenvalue weighted by Crippen LogP contribution is -2.36. The van der Waals surface area contributed by atoms with Gasteiger partial charge in [-0.1, -0.05) is 36.4 Å². The number of nitrogens with zero attached hydrogens (tertiary/aromatic N) is 1. The van der Waals surface area contributed by atoms with Crippen molar-refractivity contribution in [3.05, 3.63) is 72.3 Å². The average Bonchev–Trinajstić information content (AvgIpc) is 2.81. The number of benzene rings is 3. The molecule has 0 fully saturated rings. The second kappa shape index (κ2) is 10.2. The average molecular weight is 420 g/mol. The van der Waals surface area contributed by atoms with E-state index in [9.17, 15) is 14.4 Å². The number of methoxy groups -OCH3 is 1. The smallest absolute Gasteiger partial charge is 0.325 e. The Bertz CT molecular complexity index is 1070. The first-order chi connectivity index (χ1) is 15.0. The number of anilines is 1. The SMILES string of the molecule is CCN(C(=O)COC(=O)CNC(=O)c1ccc(OC)cc1)c1cccc2ccccc12. The largest absolute Gasteiger partial charge is 0.497 e. The zero-order valence-corrected chi connectivity index (χ0v) is 17.5. The number of carbonyl (C=O) groups excluding carboxylic acids is 3. The molecule has 0 aliphatic carbocycles. The first kappa shape index (κ1) is 21.8. The molecular formula is C24H24N2O5. The lowest BCUT2D eigenvalue weighted by molar-refractivity contribution is -0.146. The Morgan fingerprint density at radius 2 is 1.65 bits per heavy atom. The van der Waals surface area contributed by atoms with E-state index in [1.807, 2.05) is 49.4 Å². The van der Waals surface area contributed by atoms with Crippen LogP contribution in [0.3, 0.4) is 0 Å². The minimum atomic E-state index is -0.691. The van der Waals surface area contributed by atoms with Gasteiger partial charge in [-0.15, -0.1) is 0 Å². The van der Waals surface area contributed by atoms with Crippen LogP contribution < -0.4 is 15.0 Å². The number of likely N-dealkylation sites (N-methyl/N-ethyl adjacent to an activating group) is 1. The highest BCUT2D eigenvalue weighted by Gasteiger charge is 2.18. The van der Waals surface area contributed by atoms with E-state index in [1.54, 1.807) is 29.2 Å². The number of hydrogen-bond donors (Lipinski definition) is 1. The minimum absolute atomic E-state index is 0.335.